The molecular weight excluding hydrogens is 354 g/mol. The summed E-state index contributed by atoms with van der Waals surface area (Å²) in [6.07, 6.45) is 1.67. The molecule has 1 unspecified atom stereocenters. The van der Waals surface area contributed by atoms with Gasteiger partial charge in [0.05, 0.1) is 19.2 Å². The SMILES string of the molecule is CCOc1ccc(NC(=O)CN(C)C2CCCN(c3ccccc3)C2=O)cc1. The van der Waals surface area contributed by atoms with Gasteiger partial charge >= 0.3 is 0 Å². The van der Waals surface area contributed by atoms with Crippen LogP contribution in [0.3, 0.4) is 0 Å². The number of hydrogen-bond acceptors (Lipinski definition) is 4. The van der Waals surface area contributed by atoms with Gasteiger partial charge in [-0.3, -0.25) is 14.5 Å². The van der Waals surface area contributed by atoms with E-state index in [1.807, 2.05) is 78.4 Å². The predicted octanol–water partition coefficient (Wildman–Crippen LogP) is 3.15. The summed E-state index contributed by atoms with van der Waals surface area (Å²) >= 11 is 0. The molecule has 148 valence electrons. The highest BCUT2D eigenvalue weighted by Crippen LogP contribution is 2.23. The van der Waals surface area contributed by atoms with Crippen LogP contribution in [0.15, 0.2) is 54.6 Å². The van der Waals surface area contributed by atoms with Gasteiger partial charge in [0.25, 0.3) is 0 Å². The minimum atomic E-state index is -0.292. The molecule has 28 heavy (non-hydrogen) atoms. The third kappa shape index (κ3) is 4.89. The van der Waals surface area contributed by atoms with Gasteiger partial charge in [0, 0.05) is 17.9 Å². The zero-order valence-corrected chi connectivity index (χ0v) is 16.4. The molecule has 2 aromatic carbocycles. The molecule has 0 bridgehead atoms. The number of nitrogens with zero attached hydrogens (tertiary/aromatic N) is 2. The molecule has 2 amide bonds. The molecule has 1 N–H and O–H groups in total. The van der Waals surface area contributed by atoms with E-state index < -0.39 is 0 Å². The van der Waals surface area contributed by atoms with Crippen LogP contribution in [0, 0.1) is 0 Å². The van der Waals surface area contributed by atoms with Gasteiger partial charge in [0.1, 0.15) is 5.75 Å². The molecule has 1 atom stereocenters. The van der Waals surface area contributed by atoms with Gasteiger partial charge in [-0.15, -0.1) is 0 Å². The molecule has 2 aromatic rings. The van der Waals surface area contributed by atoms with Crippen molar-refractivity contribution in [2.75, 3.05) is 37.0 Å². The van der Waals surface area contributed by atoms with Crippen LogP contribution in [0.25, 0.3) is 0 Å². The quantitative estimate of drug-likeness (QED) is 0.800. The second-order valence-electron chi connectivity index (χ2n) is 6.90. The fourth-order valence-corrected chi connectivity index (χ4v) is 3.47. The number of amides is 2. The summed E-state index contributed by atoms with van der Waals surface area (Å²) in [6, 6.07) is 16.7. The fraction of sp³-hybridized carbons (Fsp3) is 0.364. The van der Waals surface area contributed by atoms with E-state index in [1.165, 1.54) is 0 Å². The van der Waals surface area contributed by atoms with Gasteiger partial charge in [0.15, 0.2) is 0 Å². The topological polar surface area (TPSA) is 61.9 Å². The first-order valence-corrected chi connectivity index (χ1v) is 9.68. The van der Waals surface area contributed by atoms with Crippen LogP contribution in [0.5, 0.6) is 5.75 Å². The van der Waals surface area contributed by atoms with Crippen molar-refractivity contribution < 1.29 is 14.3 Å². The van der Waals surface area contributed by atoms with Crippen molar-refractivity contribution in [1.82, 2.24) is 4.90 Å². The van der Waals surface area contributed by atoms with Gasteiger partial charge in [-0.2, -0.15) is 0 Å². The number of carbonyl (C=O) groups excluding carboxylic acids is 2. The molecular formula is C22H27N3O3. The van der Waals surface area contributed by atoms with E-state index in [9.17, 15) is 9.59 Å². The van der Waals surface area contributed by atoms with Gasteiger partial charge in [-0.25, -0.2) is 0 Å². The van der Waals surface area contributed by atoms with Crippen molar-refractivity contribution in [1.29, 1.82) is 0 Å². The Morgan fingerprint density at radius 2 is 1.89 bits per heavy atom. The summed E-state index contributed by atoms with van der Waals surface area (Å²) in [6.45, 7) is 3.40. The molecule has 0 saturated carbocycles. The molecule has 1 aliphatic heterocycles. The third-order valence-corrected chi connectivity index (χ3v) is 4.85. The van der Waals surface area contributed by atoms with Crippen LogP contribution in [0.1, 0.15) is 19.8 Å². The summed E-state index contributed by atoms with van der Waals surface area (Å²) in [5.74, 6) is 0.677. The Labute approximate surface area is 166 Å². The molecule has 1 saturated heterocycles. The second-order valence-corrected chi connectivity index (χ2v) is 6.90. The Bertz CT molecular complexity index is 792. The molecule has 3 rings (SSSR count). The average molecular weight is 381 g/mol. The second kappa shape index (κ2) is 9.37. The number of benzene rings is 2. The smallest absolute Gasteiger partial charge is 0.244 e. The van der Waals surface area contributed by atoms with Gasteiger partial charge in [-0.1, -0.05) is 18.2 Å². The summed E-state index contributed by atoms with van der Waals surface area (Å²) in [5, 5.41) is 2.88. The van der Waals surface area contributed by atoms with Gasteiger partial charge in [-0.05, 0) is 63.2 Å². The van der Waals surface area contributed by atoms with E-state index in [4.69, 9.17) is 4.74 Å². The Morgan fingerprint density at radius 1 is 1.18 bits per heavy atom. The number of anilines is 2. The first-order chi connectivity index (χ1) is 13.6. The molecule has 6 heteroatoms. The number of rotatable bonds is 7. The molecule has 0 aromatic heterocycles. The predicted molar refractivity (Wildman–Crippen MR) is 111 cm³/mol. The van der Waals surface area contributed by atoms with Crippen molar-refractivity contribution in [2.24, 2.45) is 0 Å². The van der Waals surface area contributed by atoms with Gasteiger partial charge in [0.2, 0.25) is 11.8 Å². The molecule has 1 heterocycles. The minimum Gasteiger partial charge on any atom is -0.494 e. The zero-order chi connectivity index (χ0) is 19.9. The third-order valence-electron chi connectivity index (χ3n) is 4.85. The number of likely N-dealkylation sites (N-methyl/N-ethyl adjacent to an activating group) is 1. The van der Waals surface area contributed by atoms with E-state index in [2.05, 4.69) is 5.32 Å². The normalized spacial score (nSPS) is 16.9. The Balaban J connectivity index is 1.57. The molecule has 1 fully saturated rings. The van der Waals surface area contributed by atoms with E-state index >= 15 is 0 Å². The zero-order valence-electron chi connectivity index (χ0n) is 16.4. The summed E-state index contributed by atoms with van der Waals surface area (Å²) in [5.41, 5.74) is 1.62. The lowest BCUT2D eigenvalue weighted by molar-refractivity contribution is -0.126. The monoisotopic (exact) mass is 381 g/mol. The first kappa shape index (κ1) is 19.9. The number of nitrogens with one attached hydrogen (secondary N) is 1. The highest BCUT2D eigenvalue weighted by molar-refractivity contribution is 5.98. The fourth-order valence-electron chi connectivity index (χ4n) is 3.47. The minimum absolute atomic E-state index is 0.0498. The maximum absolute atomic E-state index is 12.9. The summed E-state index contributed by atoms with van der Waals surface area (Å²) in [7, 11) is 1.83. The van der Waals surface area contributed by atoms with Crippen molar-refractivity contribution >= 4 is 23.2 Å². The van der Waals surface area contributed by atoms with Crippen LogP contribution in [0.4, 0.5) is 11.4 Å². The molecule has 0 spiro atoms. The highest BCUT2D eigenvalue weighted by Gasteiger charge is 2.33. The lowest BCUT2D eigenvalue weighted by Crippen LogP contribution is -2.52. The van der Waals surface area contributed by atoms with E-state index in [0.29, 0.717) is 18.8 Å². The average Bonchev–Trinajstić information content (AvgIpc) is 2.70. The molecule has 6 nitrogen and oxygen atoms in total. The molecule has 0 aliphatic carbocycles. The highest BCUT2D eigenvalue weighted by atomic mass is 16.5. The van der Waals surface area contributed by atoms with Crippen LogP contribution in [-0.4, -0.2) is 49.5 Å². The van der Waals surface area contributed by atoms with Crippen molar-refractivity contribution in [3.05, 3.63) is 54.6 Å². The van der Waals surface area contributed by atoms with Crippen molar-refractivity contribution in [2.45, 2.75) is 25.8 Å². The maximum Gasteiger partial charge on any atom is 0.244 e. The van der Waals surface area contributed by atoms with Crippen LogP contribution in [-0.2, 0) is 9.59 Å². The van der Waals surface area contributed by atoms with Crippen LogP contribution < -0.4 is 15.0 Å². The Morgan fingerprint density at radius 3 is 2.57 bits per heavy atom. The lowest BCUT2D eigenvalue weighted by Gasteiger charge is -2.36. The Kier molecular flexibility index (Phi) is 6.66. The number of hydrogen-bond donors (Lipinski definition) is 1. The lowest BCUT2D eigenvalue weighted by atomic mass is 10.0. The summed E-state index contributed by atoms with van der Waals surface area (Å²) in [4.78, 5) is 29.0. The van der Waals surface area contributed by atoms with Crippen molar-refractivity contribution in [3.8, 4) is 5.75 Å². The first-order valence-electron chi connectivity index (χ1n) is 9.68. The number of ether oxygens (including phenoxy) is 1. The van der Waals surface area contributed by atoms with E-state index in [1.54, 1.807) is 0 Å². The van der Waals surface area contributed by atoms with E-state index in [-0.39, 0.29) is 24.4 Å². The van der Waals surface area contributed by atoms with Crippen LogP contribution >= 0.6 is 0 Å². The maximum atomic E-state index is 12.9. The largest absolute Gasteiger partial charge is 0.494 e. The summed E-state index contributed by atoms with van der Waals surface area (Å²) < 4.78 is 5.40. The number of carbonyl (C=O) groups is 2. The molecule has 0 radical (unpaired) electrons. The number of piperidine rings is 1. The number of para-hydroxylation sites is 1. The van der Waals surface area contributed by atoms with Crippen LogP contribution in [0.2, 0.25) is 0 Å². The van der Waals surface area contributed by atoms with E-state index in [0.717, 1.165) is 24.3 Å². The van der Waals surface area contributed by atoms with Crippen molar-refractivity contribution in [3.63, 3.8) is 0 Å². The standard InChI is InChI=1S/C22H27N3O3/c1-3-28-19-13-11-17(12-14-19)23-21(26)16-24(2)20-10-7-15-25(22(20)27)18-8-5-4-6-9-18/h4-6,8-9,11-14,20H,3,7,10,15-16H2,1-2H3,(H,23,26). The Hall–Kier alpha value is -2.86. The van der Waals surface area contributed by atoms with Gasteiger partial charge < -0.3 is 15.0 Å². The molecule has 1 aliphatic rings.